The van der Waals surface area contributed by atoms with Crippen molar-refractivity contribution in [2.24, 2.45) is 0 Å². The first-order valence-electron chi connectivity index (χ1n) is 6.16. The molecule has 2 aromatic carbocycles. The van der Waals surface area contributed by atoms with Crippen molar-refractivity contribution in [3.05, 3.63) is 53.6 Å². The van der Waals surface area contributed by atoms with Crippen LogP contribution in [0, 0.1) is 0 Å². The van der Waals surface area contributed by atoms with Crippen molar-refractivity contribution in [1.82, 2.24) is 0 Å². The Labute approximate surface area is 125 Å². The van der Waals surface area contributed by atoms with E-state index in [4.69, 9.17) is 14.2 Å². The van der Waals surface area contributed by atoms with Crippen LogP contribution >= 0.6 is 0 Å². The average Bonchev–Trinajstić information content (AvgIpc) is 2.52. The van der Waals surface area contributed by atoms with Crippen LogP contribution in [0.25, 0.3) is 0 Å². The molecule has 4 heteroatoms. The summed E-state index contributed by atoms with van der Waals surface area (Å²) in [5, 5.41) is 0. The monoisotopic (exact) mass is 288 g/mol. The third kappa shape index (κ3) is 3.99. The van der Waals surface area contributed by atoms with Crippen molar-refractivity contribution in [1.29, 1.82) is 0 Å². The Balaban J connectivity index is 0.00000220. The van der Waals surface area contributed by atoms with Crippen LogP contribution in [-0.2, 0) is 6.61 Å². The highest BCUT2D eigenvalue weighted by molar-refractivity contribution is 5.78. The molecule has 0 atom stereocenters. The fraction of sp³-hybridized carbons (Fsp3) is 0.235. The predicted molar refractivity (Wildman–Crippen MR) is 82.4 cm³/mol. The SMILES string of the molecule is C.COc1cc(C=O)cc(OCc2ccccc2)c1OC. The molecule has 0 spiro atoms. The molecule has 0 aliphatic carbocycles. The molecule has 2 rings (SSSR count). The van der Waals surface area contributed by atoms with Gasteiger partial charge in [-0.05, 0) is 17.7 Å². The van der Waals surface area contributed by atoms with Gasteiger partial charge in [0.05, 0.1) is 14.2 Å². The van der Waals surface area contributed by atoms with Crippen LogP contribution in [0.5, 0.6) is 17.2 Å². The first kappa shape index (κ1) is 16.6. The Kier molecular flexibility index (Phi) is 6.27. The second-order valence-electron chi connectivity index (χ2n) is 4.15. The summed E-state index contributed by atoms with van der Waals surface area (Å²) >= 11 is 0. The van der Waals surface area contributed by atoms with Gasteiger partial charge in [0.1, 0.15) is 12.9 Å². The number of hydrogen-bond donors (Lipinski definition) is 0. The number of benzene rings is 2. The molecule has 0 N–H and O–H groups in total. The lowest BCUT2D eigenvalue weighted by Gasteiger charge is -2.14. The Hall–Kier alpha value is -2.49. The van der Waals surface area contributed by atoms with Crippen LogP contribution in [0.3, 0.4) is 0 Å². The molecule has 0 aliphatic heterocycles. The smallest absolute Gasteiger partial charge is 0.203 e. The normalized spacial score (nSPS) is 9.43. The lowest BCUT2D eigenvalue weighted by molar-refractivity contribution is 0.112. The van der Waals surface area contributed by atoms with Gasteiger partial charge < -0.3 is 14.2 Å². The molecule has 0 saturated heterocycles. The van der Waals surface area contributed by atoms with Crippen molar-refractivity contribution in [2.75, 3.05) is 14.2 Å². The molecule has 0 saturated carbocycles. The molecule has 0 unspecified atom stereocenters. The second-order valence-corrected chi connectivity index (χ2v) is 4.15. The first-order valence-corrected chi connectivity index (χ1v) is 6.16. The molecule has 0 aromatic heterocycles. The van der Waals surface area contributed by atoms with Gasteiger partial charge >= 0.3 is 0 Å². The van der Waals surface area contributed by atoms with Gasteiger partial charge in [-0.2, -0.15) is 0 Å². The molecule has 0 aliphatic rings. The zero-order valence-electron chi connectivity index (χ0n) is 11.5. The molecule has 0 bridgehead atoms. The van der Waals surface area contributed by atoms with Crippen molar-refractivity contribution in [3.8, 4) is 17.2 Å². The average molecular weight is 288 g/mol. The molecular weight excluding hydrogens is 268 g/mol. The van der Waals surface area contributed by atoms with E-state index < -0.39 is 0 Å². The van der Waals surface area contributed by atoms with E-state index in [-0.39, 0.29) is 7.43 Å². The van der Waals surface area contributed by atoms with E-state index in [1.54, 1.807) is 12.1 Å². The van der Waals surface area contributed by atoms with E-state index in [2.05, 4.69) is 0 Å². The van der Waals surface area contributed by atoms with E-state index in [9.17, 15) is 4.79 Å². The zero-order chi connectivity index (χ0) is 14.4. The van der Waals surface area contributed by atoms with Crippen molar-refractivity contribution < 1.29 is 19.0 Å². The number of aldehydes is 1. The van der Waals surface area contributed by atoms with Crippen molar-refractivity contribution >= 4 is 6.29 Å². The van der Waals surface area contributed by atoms with Crippen LogP contribution in [0.1, 0.15) is 23.3 Å². The highest BCUT2D eigenvalue weighted by atomic mass is 16.5. The summed E-state index contributed by atoms with van der Waals surface area (Å²) in [6.45, 7) is 0.392. The Bertz CT molecular complexity index is 579. The third-order valence-electron chi connectivity index (χ3n) is 2.84. The van der Waals surface area contributed by atoms with Crippen LogP contribution in [0.15, 0.2) is 42.5 Å². The zero-order valence-corrected chi connectivity index (χ0v) is 11.5. The van der Waals surface area contributed by atoms with Gasteiger partial charge in [-0.15, -0.1) is 0 Å². The summed E-state index contributed by atoms with van der Waals surface area (Å²) in [5.74, 6) is 1.44. The minimum absolute atomic E-state index is 0. The Morgan fingerprint density at radius 1 is 1.00 bits per heavy atom. The van der Waals surface area contributed by atoms with Gasteiger partial charge in [0.25, 0.3) is 0 Å². The number of methoxy groups -OCH3 is 2. The summed E-state index contributed by atoms with van der Waals surface area (Å²) in [6.07, 6.45) is 0.747. The topological polar surface area (TPSA) is 44.8 Å². The predicted octanol–water partition coefficient (Wildman–Crippen LogP) is 3.73. The lowest BCUT2D eigenvalue weighted by Crippen LogP contribution is -2.00. The Morgan fingerprint density at radius 3 is 2.24 bits per heavy atom. The molecule has 4 nitrogen and oxygen atoms in total. The number of ether oxygens (including phenoxy) is 3. The van der Waals surface area contributed by atoms with Gasteiger partial charge in [0, 0.05) is 5.56 Å². The van der Waals surface area contributed by atoms with Crippen LogP contribution in [-0.4, -0.2) is 20.5 Å². The standard InChI is InChI=1S/C16H16O4.CH4/c1-18-14-8-13(10-17)9-15(16(14)19-2)20-11-12-6-4-3-5-7-12;/h3-10H,11H2,1-2H3;1H4. The van der Waals surface area contributed by atoms with E-state index >= 15 is 0 Å². The van der Waals surface area contributed by atoms with Gasteiger partial charge in [0.15, 0.2) is 11.5 Å². The minimum atomic E-state index is 0. The quantitative estimate of drug-likeness (QED) is 0.760. The molecular formula is C17H20O4. The summed E-state index contributed by atoms with van der Waals surface area (Å²) in [4.78, 5) is 10.9. The fourth-order valence-corrected chi connectivity index (χ4v) is 1.86. The minimum Gasteiger partial charge on any atom is -0.493 e. The van der Waals surface area contributed by atoms with Crippen LogP contribution in [0.2, 0.25) is 0 Å². The molecule has 0 amide bonds. The number of carbonyl (C=O) groups is 1. The largest absolute Gasteiger partial charge is 0.493 e. The van der Waals surface area contributed by atoms with Crippen LogP contribution < -0.4 is 14.2 Å². The second kappa shape index (κ2) is 7.94. The molecule has 0 heterocycles. The van der Waals surface area contributed by atoms with Gasteiger partial charge in [0.2, 0.25) is 5.75 Å². The van der Waals surface area contributed by atoms with E-state index in [0.717, 1.165) is 11.8 Å². The maximum Gasteiger partial charge on any atom is 0.203 e. The lowest BCUT2D eigenvalue weighted by atomic mass is 10.2. The molecule has 2 aromatic rings. The van der Waals surface area contributed by atoms with Crippen molar-refractivity contribution in [2.45, 2.75) is 14.0 Å². The first-order chi connectivity index (χ1) is 9.78. The van der Waals surface area contributed by atoms with E-state index in [1.165, 1.54) is 14.2 Å². The molecule has 21 heavy (non-hydrogen) atoms. The summed E-state index contributed by atoms with van der Waals surface area (Å²) in [7, 11) is 3.06. The number of rotatable bonds is 6. The maximum absolute atomic E-state index is 10.9. The highest BCUT2D eigenvalue weighted by Crippen LogP contribution is 2.38. The van der Waals surface area contributed by atoms with Crippen molar-refractivity contribution in [3.63, 3.8) is 0 Å². The number of hydrogen-bond acceptors (Lipinski definition) is 4. The van der Waals surface area contributed by atoms with E-state index in [1.807, 2.05) is 30.3 Å². The fourth-order valence-electron chi connectivity index (χ4n) is 1.86. The summed E-state index contributed by atoms with van der Waals surface area (Å²) in [5.41, 5.74) is 1.51. The Morgan fingerprint density at radius 2 is 1.67 bits per heavy atom. The highest BCUT2D eigenvalue weighted by Gasteiger charge is 2.13. The third-order valence-corrected chi connectivity index (χ3v) is 2.84. The summed E-state index contributed by atoms with van der Waals surface area (Å²) in [6, 6.07) is 13.0. The van der Waals surface area contributed by atoms with Gasteiger partial charge in [-0.1, -0.05) is 37.8 Å². The van der Waals surface area contributed by atoms with E-state index in [0.29, 0.717) is 29.4 Å². The molecule has 0 fully saturated rings. The molecule has 112 valence electrons. The van der Waals surface area contributed by atoms with Gasteiger partial charge in [-0.25, -0.2) is 0 Å². The maximum atomic E-state index is 10.9. The molecule has 0 radical (unpaired) electrons. The van der Waals surface area contributed by atoms with Gasteiger partial charge in [-0.3, -0.25) is 4.79 Å². The van der Waals surface area contributed by atoms with Crippen LogP contribution in [0.4, 0.5) is 0 Å². The number of carbonyl (C=O) groups excluding carboxylic acids is 1. The summed E-state index contributed by atoms with van der Waals surface area (Å²) < 4.78 is 16.2.